The number of hydrogen-bond donors (Lipinski definition) is 0. The Bertz CT molecular complexity index is 837. The number of aliphatic imine (C=N–C) groups is 2. The standard InChI is InChI=1S/C25H28N2S/c1-4-6-8-16-23-19-27-25(20-26-23)22(13-5-2)15-12-11-14-21(3)28-24-17-9-7-10-18-24/h4-10,12-18,20,22H,1,11,19H2,2-3H3/b8-6-,13-5-,15-12?,21-14+,23-16+. The summed E-state index contributed by atoms with van der Waals surface area (Å²) in [5.74, 6) is 0.162. The van der Waals surface area contributed by atoms with Crippen molar-refractivity contribution in [1.82, 2.24) is 0 Å². The molecular formula is C25H28N2S. The molecule has 1 atom stereocenters. The number of hydrogen-bond acceptors (Lipinski definition) is 3. The van der Waals surface area contributed by atoms with Gasteiger partial charge in [-0.1, -0.05) is 85.1 Å². The van der Waals surface area contributed by atoms with Gasteiger partial charge in [0.1, 0.15) is 0 Å². The first-order chi connectivity index (χ1) is 13.7. The largest absolute Gasteiger partial charge is 0.281 e. The van der Waals surface area contributed by atoms with Gasteiger partial charge in [-0.25, -0.2) is 0 Å². The highest BCUT2D eigenvalue weighted by Gasteiger charge is 2.10. The average Bonchev–Trinajstić information content (AvgIpc) is 2.72. The lowest BCUT2D eigenvalue weighted by Gasteiger charge is -2.12. The zero-order valence-corrected chi connectivity index (χ0v) is 17.5. The fourth-order valence-corrected chi connectivity index (χ4v) is 3.42. The second-order valence-electron chi connectivity index (χ2n) is 6.22. The molecule has 1 heterocycles. The van der Waals surface area contributed by atoms with Crippen LogP contribution in [-0.2, 0) is 0 Å². The monoisotopic (exact) mass is 388 g/mol. The van der Waals surface area contributed by atoms with Crippen molar-refractivity contribution in [3.05, 3.63) is 102 Å². The Labute approximate surface area is 173 Å². The second kappa shape index (κ2) is 12.7. The molecule has 0 aliphatic carbocycles. The minimum atomic E-state index is 0.162. The van der Waals surface area contributed by atoms with Crippen molar-refractivity contribution in [2.75, 3.05) is 6.54 Å². The zero-order chi connectivity index (χ0) is 20.0. The lowest BCUT2D eigenvalue weighted by molar-refractivity contribution is 1.04. The third kappa shape index (κ3) is 7.93. The van der Waals surface area contributed by atoms with Crippen molar-refractivity contribution in [2.24, 2.45) is 15.9 Å². The Morgan fingerprint density at radius 1 is 1.21 bits per heavy atom. The Kier molecular flexibility index (Phi) is 9.81. The van der Waals surface area contributed by atoms with Crippen LogP contribution in [0.5, 0.6) is 0 Å². The minimum Gasteiger partial charge on any atom is -0.281 e. The van der Waals surface area contributed by atoms with Crippen molar-refractivity contribution >= 4 is 23.7 Å². The Morgan fingerprint density at radius 2 is 2.04 bits per heavy atom. The molecule has 1 aliphatic rings. The van der Waals surface area contributed by atoms with E-state index < -0.39 is 0 Å². The molecule has 2 rings (SSSR count). The molecule has 28 heavy (non-hydrogen) atoms. The molecule has 0 amide bonds. The van der Waals surface area contributed by atoms with Gasteiger partial charge in [0, 0.05) is 17.0 Å². The summed E-state index contributed by atoms with van der Waals surface area (Å²) in [5, 5.41) is 0. The van der Waals surface area contributed by atoms with E-state index in [2.05, 4.69) is 73.1 Å². The van der Waals surface area contributed by atoms with Gasteiger partial charge in [0.15, 0.2) is 0 Å². The van der Waals surface area contributed by atoms with Crippen LogP contribution in [0.25, 0.3) is 0 Å². The van der Waals surface area contributed by atoms with E-state index in [0.717, 1.165) is 17.8 Å². The van der Waals surface area contributed by atoms with Gasteiger partial charge < -0.3 is 0 Å². The topological polar surface area (TPSA) is 24.7 Å². The first kappa shape index (κ1) is 21.6. The van der Waals surface area contributed by atoms with E-state index in [1.165, 1.54) is 9.80 Å². The summed E-state index contributed by atoms with van der Waals surface area (Å²) in [6.45, 7) is 8.47. The van der Waals surface area contributed by atoms with E-state index >= 15 is 0 Å². The molecule has 144 valence electrons. The highest BCUT2D eigenvalue weighted by molar-refractivity contribution is 8.03. The fourth-order valence-electron chi connectivity index (χ4n) is 2.58. The molecule has 1 unspecified atom stereocenters. The zero-order valence-electron chi connectivity index (χ0n) is 16.7. The summed E-state index contributed by atoms with van der Waals surface area (Å²) in [5.41, 5.74) is 1.96. The smallest absolute Gasteiger partial charge is 0.0816 e. The van der Waals surface area contributed by atoms with E-state index in [0.29, 0.717) is 6.54 Å². The maximum Gasteiger partial charge on any atom is 0.0816 e. The molecule has 0 N–H and O–H groups in total. The molecule has 0 saturated carbocycles. The molecule has 1 aromatic rings. The molecule has 0 radical (unpaired) electrons. The van der Waals surface area contributed by atoms with Gasteiger partial charge >= 0.3 is 0 Å². The first-order valence-corrected chi connectivity index (χ1v) is 10.3. The van der Waals surface area contributed by atoms with E-state index in [-0.39, 0.29) is 5.92 Å². The molecule has 1 aromatic carbocycles. The van der Waals surface area contributed by atoms with Crippen LogP contribution in [-0.4, -0.2) is 18.5 Å². The summed E-state index contributed by atoms with van der Waals surface area (Å²) in [6.07, 6.45) is 21.2. The lowest BCUT2D eigenvalue weighted by atomic mass is 10.0. The van der Waals surface area contributed by atoms with Crippen LogP contribution in [0.15, 0.2) is 117 Å². The molecule has 2 nitrogen and oxygen atoms in total. The van der Waals surface area contributed by atoms with Crippen molar-refractivity contribution in [3.8, 4) is 0 Å². The van der Waals surface area contributed by atoms with Gasteiger partial charge in [0.2, 0.25) is 0 Å². The van der Waals surface area contributed by atoms with Gasteiger partial charge in [0.25, 0.3) is 0 Å². The van der Waals surface area contributed by atoms with Gasteiger partial charge in [-0.15, -0.1) is 0 Å². The molecule has 0 bridgehead atoms. The van der Waals surface area contributed by atoms with Crippen LogP contribution in [0, 0.1) is 5.92 Å². The molecule has 1 aliphatic heterocycles. The van der Waals surface area contributed by atoms with Gasteiger partial charge in [-0.05, 0) is 43.4 Å². The summed E-state index contributed by atoms with van der Waals surface area (Å²) >= 11 is 1.80. The highest BCUT2D eigenvalue weighted by Crippen LogP contribution is 2.25. The second-order valence-corrected chi connectivity index (χ2v) is 7.54. The molecule has 0 spiro atoms. The maximum absolute atomic E-state index is 4.70. The summed E-state index contributed by atoms with van der Waals surface area (Å²) in [7, 11) is 0. The Balaban J connectivity index is 1.93. The SMILES string of the molecule is C=C/C=C\C=C1/CN=C(C(C=CC/C=C(\C)Sc2ccccc2)/C=C\C)C=N1. The minimum absolute atomic E-state index is 0.162. The number of rotatable bonds is 9. The van der Waals surface area contributed by atoms with E-state index in [1.807, 2.05) is 37.4 Å². The summed E-state index contributed by atoms with van der Waals surface area (Å²) < 4.78 is 0. The predicted molar refractivity (Wildman–Crippen MR) is 126 cm³/mol. The average molecular weight is 389 g/mol. The van der Waals surface area contributed by atoms with Crippen LogP contribution in [0.2, 0.25) is 0 Å². The fraction of sp³-hybridized carbons (Fsp3) is 0.200. The summed E-state index contributed by atoms with van der Waals surface area (Å²) in [4.78, 5) is 11.8. The Hall–Kier alpha value is -2.65. The van der Waals surface area contributed by atoms with Crippen LogP contribution >= 0.6 is 11.8 Å². The van der Waals surface area contributed by atoms with Crippen LogP contribution in [0.4, 0.5) is 0 Å². The normalized spacial score (nSPS) is 17.7. The maximum atomic E-state index is 4.70. The number of nitrogens with zero attached hydrogens (tertiary/aromatic N) is 2. The van der Waals surface area contributed by atoms with E-state index in [9.17, 15) is 0 Å². The van der Waals surface area contributed by atoms with Crippen molar-refractivity contribution in [3.63, 3.8) is 0 Å². The third-order valence-electron chi connectivity index (χ3n) is 3.97. The number of benzene rings is 1. The van der Waals surface area contributed by atoms with Crippen LogP contribution < -0.4 is 0 Å². The summed E-state index contributed by atoms with van der Waals surface area (Å²) in [6, 6.07) is 10.5. The van der Waals surface area contributed by atoms with Crippen molar-refractivity contribution < 1.29 is 0 Å². The first-order valence-electron chi connectivity index (χ1n) is 9.48. The number of allylic oxidation sites excluding steroid dienone is 10. The molecule has 0 aromatic heterocycles. The van der Waals surface area contributed by atoms with Gasteiger partial charge in [-0.2, -0.15) is 0 Å². The van der Waals surface area contributed by atoms with E-state index in [4.69, 9.17) is 4.99 Å². The van der Waals surface area contributed by atoms with Crippen LogP contribution in [0.1, 0.15) is 20.3 Å². The molecular weight excluding hydrogens is 360 g/mol. The van der Waals surface area contributed by atoms with Crippen LogP contribution in [0.3, 0.4) is 0 Å². The quantitative estimate of drug-likeness (QED) is 0.255. The number of thioether (sulfide) groups is 1. The van der Waals surface area contributed by atoms with Crippen molar-refractivity contribution in [2.45, 2.75) is 25.2 Å². The Morgan fingerprint density at radius 3 is 2.71 bits per heavy atom. The molecule has 0 saturated heterocycles. The van der Waals surface area contributed by atoms with E-state index in [1.54, 1.807) is 17.8 Å². The highest BCUT2D eigenvalue weighted by atomic mass is 32.2. The molecule has 0 fully saturated rings. The predicted octanol–water partition coefficient (Wildman–Crippen LogP) is 6.97. The molecule has 3 heteroatoms. The van der Waals surface area contributed by atoms with Crippen molar-refractivity contribution in [1.29, 1.82) is 0 Å². The van der Waals surface area contributed by atoms with Gasteiger partial charge in [-0.3, -0.25) is 9.98 Å². The van der Waals surface area contributed by atoms with Gasteiger partial charge in [0.05, 0.1) is 18.0 Å². The lowest BCUT2D eigenvalue weighted by Crippen LogP contribution is -2.16. The third-order valence-corrected chi connectivity index (χ3v) is 4.97.